The Hall–Kier alpha value is -2.37. The lowest BCUT2D eigenvalue weighted by molar-refractivity contribution is -0.134. The Morgan fingerprint density at radius 3 is 2.71 bits per heavy atom. The number of benzene rings is 2. The third-order valence-corrected chi connectivity index (χ3v) is 5.73. The van der Waals surface area contributed by atoms with E-state index in [0.29, 0.717) is 18.0 Å². The summed E-state index contributed by atoms with van der Waals surface area (Å²) in [6, 6.07) is 15.3. The van der Waals surface area contributed by atoms with Gasteiger partial charge in [-0.15, -0.1) is 0 Å². The normalized spacial score (nSPS) is 19.7. The maximum Gasteiger partial charge on any atom is 0.257 e. The van der Waals surface area contributed by atoms with Gasteiger partial charge in [-0.2, -0.15) is 5.10 Å². The summed E-state index contributed by atoms with van der Waals surface area (Å²) >= 11 is 6.47. The molecule has 4 rings (SSSR count). The number of likely N-dealkylation sites (tertiary alicyclic amines) is 1. The van der Waals surface area contributed by atoms with E-state index in [4.69, 9.17) is 21.4 Å². The Balaban J connectivity index is 1.65. The summed E-state index contributed by atoms with van der Waals surface area (Å²) in [6.45, 7) is 2.35. The van der Waals surface area contributed by atoms with Crippen molar-refractivity contribution in [2.75, 3.05) is 26.7 Å². The minimum absolute atomic E-state index is 0.0183. The zero-order valence-electron chi connectivity index (χ0n) is 16.0. The number of ether oxygens (including phenoxy) is 1. The van der Waals surface area contributed by atoms with Gasteiger partial charge in [-0.05, 0) is 49.7 Å². The lowest BCUT2D eigenvalue weighted by Gasteiger charge is -2.25. The van der Waals surface area contributed by atoms with Crippen LogP contribution in [0.1, 0.15) is 36.4 Å². The van der Waals surface area contributed by atoms with Crippen molar-refractivity contribution in [3.05, 3.63) is 64.7 Å². The first-order chi connectivity index (χ1) is 13.7. The molecule has 0 aromatic heterocycles. The van der Waals surface area contributed by atoms with Crippen LogP contribution in [0.15, 0.2) is 53.6 Å². The van der Waals surface area contributed by atoms with E-state index in [-0.39, 0.29) is 11.9 Å². The molecular weight excluding hydrogens is 374 g/mol. The molecule has 28 heavy (non-hydrogen) atoms. The number of amides is 1. The highest BCUT2D eigenvalue weighted by Crippen LogP contribution is 2.36. The highest BCUT2D eigenvalue weighted by atomic mass is 35.5. The van der Waals surface area contributed by atoms with Crippen molar-refractivity contribution < 1.29 is 9.53 Å². The second kappa shape index (κ2) is 8.33. The van der Waals surface area contributed by atoms with Gasteiger partial charge < -0.3 is 4.74 Å². The van der Waals surface area contributed by atoms with Crippen LogP contribution >= 0.6 is 11.6 Å². The number of methoxy groups -OCH3 is 1. The first-order valence-corrected chi connectivity index (χ1v) is 10.0. The fourth-order valence-electron chi connectivity index (χ4n) is 3.91. The highest BCUT2D eigenvalue weighted by molar-refractivity contribution is 6.31. The lowest BCUT2D eigenvalue weighted by Crippen LogP contribution is -2.37. The van der Waals surface area contributed by atoms with E-state index in [1.807, 2.05) is 48.5 Å². The molecule has 0 bridgehead atoms. The Bertz CT molecular complexity index is 893. The van der Waals surface area contributed by atoms with Gasteiger partial charge in [0.25, 0.3) is 5.91 Å². The van der Waals surface area contributed by atoms with Crippen LogP contribution in [-0.2, 0) is 4.79 Å². The molecule has 146 valence electrons. The van der Waals surface area contributed by atoms with Gasteiger partial charge in [0.1, 0.15) is 5.75 Å². The minimum Gasteiger partial charge on any atom is -0.497 e. The van der Waals surface area contributed by atoms with Crippen LogP contribution in [0, 0.1) is 0 Å². The molecule has 0 saturated carbocycles. The fraction of sp³-hybridized carbons (Fsp3) is 0.364. The molecule has 0 N–H and O–H groups in total. The van der Waals surface area contributed by atoms with E-state index in [1.165, 1.54) is 0 Å². The molecule has 0 spiro atoms. The summed E-state index contributed by atoms with van der Waals surface area (Å²) < 4.78 is 5.34. The minimum atomic E-state index is -0.190. The third-order valence-electron chi connectivity index (χ3n) is 5.39. The fourth-order valence-corrected chi connectivity index (χ4v) is 4.17. The smallest absolute Gasteiger partial charge is 0.257 e. The quantitative estimate of drug-likeness (QED) is 0.762. The summed E-state index contributed by atoms with van der Waals surface area (Å²) in [6.07, 6.45) is 2.93. The Labute approximate surface area is 170 Å². The van der Waals surface area contributed by atoms with Crippen molar-refractivity contribution in [1.29, 1.82) is 0 Å². The number of hydrogen-bond acceptors (Lipinski definition) is 4. The van der Waals surface area contributed by atoms with Crippen LogP contribution in [0.2, 0.25) is 5.02 Å². The monoisotopic (exact) mass is 397 g/mol. The van der Waals surface area contributed by atoms with Crippen molar-refractivity contribution in [1.82, 2.24) is 9.91 Å². The highest BCUT2D eigenvalue weighted by Gasteiger charge is 2.35. The van der Waals surface area contributed by atoms with Gasteiger partial charge in [0.05, 0.1) is 25.4 Å². The van der Waals surface area contributed by atoms with E-state index >= 15 is 0 Å². The SMILES string of the molecule is COc1cccc(C2=NN(C(=O)CN3CCCC3)C(c3ccccc3Cl)C2)c1. The van der Waals surface area contributed by atoms with Crippen molar-refractivity contribution in [3.8, 4) is 5.75 Å². The van der Waals surface area contributed by atoms with Gasteiger partial charge in [-0.25, -0.2) is 5.01 Å². The van der Waals surface area contributed by atoms with E-state index in [1.54, 1.807) is 12.1 Å². The number of carbonyl (C=O) groups is 1. The van der Waals surface area contributed by atoms with Crippen LogP contribution in [0.25, 0.3) is 0 Å². The van der Waals surface area contributed by atoms with Crippen LogP contribution in [0.3, 0.4) is 0 Å². The Morgan fingerprint density at radius 1 is 1.18 bits per heavy atom. The molecule has 6 heteroatoms. The maximum atomic E-state index is 13.1. The second-order valence-corrected chi connectivity index (χ2v) is 7.65. The van der Waals surface area contributed by atoms with Crippen molar-refractivity contribution in [3.63, 3.8) is 0 Å². The Morgan fingerprint density at radius 2 is 1.96 bits per heavy atom. The predicted molar refractivity (Wildman–Crippen MR) is 111 cm³/mol. The van der Waals surface area contributed by atoms with Crippen LogP contribution in [0.5, 0.6) is 5.75 Å². The molecule has 2 aliphatic heterocycles. The molecule has 2 aromatic carbocycles. The van der Waals surface area contributed by atoms with E-state index in [0.717, 1.165) is 48.5 Å². The van der Waals surface area contributed by atoms with Gasteiger partial charge >= 0.3 is 0 Å². The molecule has 2 heterocycles. The summed E-state index contributed by atoms with van der Waals surface area (Å²) in [4.78, 5) is 15.3. The number of halogens is 1. The number of nitrogens with zero attached hydrogens (tertiary/aromatic N) is 3. The van der Waals surface area contributed by atoms with Crippen LogP contribution < -0.4 is 4.74 Å². The second-order valence-electron chi connectivity index (χ2n) is 7.24. The standard InChI is InChI=1S/C22H24ClN3O2/c1-28-17-8-6-7-16(13-17)20-14-21(18-9-2-3-10-19(18)23)26(24-20)22(27)15-25-11-4-5-12-25/h2-3,6-10,13,21H,4-5,11-12,14-15H2,1H3. The van der Waals surface area contributed by atoms with E-state index in [9.17, 15) is 4.79 Å². The third kappa shape index (κ3) is 3.91. The van der Waals surface area contributed by atoms with E-state index < -0.39 is 0 Å². The molecule has 1 saturated heterocycles. The topological polar surface area (TPSA) is 45.1 Å². The first-order valence-electron chi connectivity index (χ1n) is 9.66. The molecule has 1 unspecified atom stereocenters. The van der Waals surface area contributed by atoms with Gasteiger partial charge in [0, 0.05) is 17.0 Å². The first kappa shape index (κ1) is 19.0. The maximum absolute atomic E-state index is 13.1. The lowest BCUT2D eigenvalue weighted by atomic mass is 9.98. The average molecular weight is 398 g/mol. The average Bonchev–Trinajstić information content (AvgIpc) is 3.38. The number of rotatable bonds is 5. The van der Waals surface area contributed by atoms with Crippen LogP contribution in [0.4, 0.5) is 0 Å². The molecule has 1 atom stereocenters. The zero-order chi connectivity index (χ0) is 19.5. The largest absolute Gasteiger partial charge is 0.497 e. The number of hydrazone groups is 1. The summed E-state index contributed by atoms with van der Waals surface area (Å²) in [5.41, 5.74) is 2.77. The zero-order valence-corrected chi connectivity index (χ0v) is 16.7. The van der Waals surface area contributed by atoms with E-state index in [2.05, 4.69) is 4.90 Å². The van der Waals surface area contributed by atoms with Crippen molar-refractivity contribution in [2.24, 2.45) is 5.10 Å². The molecule has 2 aliphatic rings. The molecule has 0 aliphatic carbocycles. The van der Waals surface area contributed by atoms with Gasteiger partial charge in [0.2, 0.25) is 0 Å². The van der Waals surface area contributed by atoms with Gasteiger partial charge in [0.15, 0.2) is 0 Å². The molecule has 1 fully saturated rings. The molecule has 0 radical (unpaired) electrons. The van der Waals surface area contributed by atoms with Crippen molar-refractivity contribution >= 4 is 23.2 Å². The number of carbonyl (C=O) groups excluding carboxylic acids is 1. The molecule has 2 aromatic rings. The van der Waals surface area contributed by atoms with Crippen molar-refractivity contribution in [2.45, 2.75) is 25.3 Å². The van der Waals surface area contributed by atoms with Gasteiger partial charge in [-0.1, -0.05) is 41.9 Å². The van der Waals surface area contributed by atoms with Crippen LogP contribution in [-0.4, -0.2) is 48.3 Å². The molecular formula is C22H24ClN3O2. The number of hydrogen-bond donors (Lipinski definition) is 0. The summed E-state index contributed by atoms with van der Waals surface area (Å²) in [5.74, 6) is 0.793. The molecule has 5 nitrogen and oxygen atoms in total. The Kier molecular flexibility index (Phi) is 5.64. The summed E-state index contributed by atoms with van der Waals surface area (Å²) in [7, 11) is 1.65. The predicted octanol–water partition coefficient (Wildman–Crippen LogP) is 4.12. The van der Waals surface area contributed by atoms with Gasteiger partial charge in [-0.3, -0.25) is 9.69 Å². The summed E-state index contributed by atoms with van der Waals surface area (Å²) in [5, 5.41) is 7.03. The molecule has 1 amide bonds.